The smallest absolute Gasteiger partial charge is 0.305 e. The van der Waals surface area contributed by atoms with Gasteiger partial charge in [-0.2, -0.15) is 0 Å². The van der Waals surface area contributed by atoms with Crippen LogP contribution in [0.5, 0.6) is 0 Å². The maximum Gasteiger partial charge on any atom is 0.305 e. The minimum atomic E-state index is -0.0416. The number of hydrogen-bond acceptors (Lipinski definition) is 3. The summed E-state index contributed by atoms with van der Waals surface area (Å²) >= 11 is 0. The second-order valence-corrected chi connectivity index (χ2v) is 6.32. The number of carbonyl (C=O) groups is 1. The molecule has 0 aromatic rings. The molecule has 0 spiro atoms. The van der Waals surface area contributed by atoms with E-state index < -0.39 is 0 Å². The van der Waals surface area contributed by atoms with Crippen molar-refractivity contribution in [2.45, 2.75) is 90.3 Å². The van der Waals surface area contributed by atoms with Crippen molar-refractivity contribution < 1.29 is 14.3 Å². The first-order chi connectivity index (χ1) is 8.99. The van der Waals surface area contributed by atoms with Crippen LogP contribution in [0.25, 0.3) is 0 Å². The van der Waals surface area contributed by atoms with Gasteiger partial charge in [0.05, 0.1) is 18.3 Å². The molecule has 0 aromatic carbocycles. The average molecular weight is 270 g/mol. The van der Waals surface area contributed by atoms with Gasteiger partial charge in [0.2, 0.25) is 0 Å². The lowest BCUT2D eigenvalue weighted by Crippen LogP contribution is -2.29. The van der Waals surface area contributed by atoms with Gasteiger partial charge in [-0.1, -0.05) is 19.3 Å². The molecule has 3 heteroatoms. The van der Waals surface area contributed by atoms with Crippen LogP contribution in [0.4, 0.5) is 0 Å². The molecule has 1 heterocycles. The number of ether oxygens (including phenoxy) is 2. The third-order valence-electron chi connectivity index (χ3n) is 3.70. The first-order valence-electron chi connectivity index (χ1n) is 7.83. The van der Waals surface area contributed by atoms with Gasteiger partial charge >= 0.3 is 5.97 Å². The Balaban J connectivity index is 2.41. The highest BCUT2D eigenvalue weighted by molar-refractivity contribution is 5.69. The number of carbonyl (C=O) groups excluding carboxylic acids is 1. The molecule has 1 unspecified atom stereocenters. The Morgan fingerprint density at radius 2 is 1.79 bits per heavy atom. The molecule has 0 aromatic heterocycles. The number of hydrogen-bond donors (Lipinski definition) is 0. The predicted octanol–water partition coefficient (Wildman–Crippen LogP) is 4.24. The maximum atomic E-state index is 11.5. The molecule has 1 rings (SSSR count). The van der Waals surface area contributed by atoms with Crippen molar-refractivity contribution in [2.24, 2.45) is 0 Å². The zero-order valence-corrected chi connectivity index (χ0v) is 12.9. The lowest BCUT2D eigenvalue weighted by molar-refractivity contribution is -0.143. The van der Waals surface area contributed by atoms with E-state index in [1.807, 2.05) is 0 Å². The van der Waals surface area contributed by atoms with Crippen molar-refractivity contribution in [3.63, 3.8) is 0 Å². The molecule has 1 aliphatic rings. The number of rotatable bonds is 0. The highest BCUT2D eigenvalue weighted by Gasteiger charge is 2.21. The van der Waals surface area contributed by atoms with Crippen molar-refractivity contribution in [1.29, 1.82) is 0 Å². The molecule has 0 aliphatic carbocycles. The summed E-state index contributed by atoms with van der Waals surface area (Å²) in [4.78, 5) is 11.5. The van der Waals surface area contributed by atoms with Crippen LogP contribution in [0.1, 0.15) is 78.6 Å². The Morgan fingerprint density at radius 3 is 2.58 bits per heavy atom. The Labute approximate surface area is 118 Å². The fourth-order valence-electron chi connectivity index (χ4n) is 2.63. The maximum absolute atomic E-state index is 11.5. The van der Waals surface area contributed by atoms with Gasteiger partial charge in [-0.25, -0.2) is 0 Å². The fraction of sp³-hybridized carbons (Fsp3) is 0.938. The van der Waals surface area contributed by atoms with Crippen LogP contribution in [0.15, 0.2) is 0 Å². The summed E-state index contributed by atoms with van der Waals surface area (Å²) in [5.74, 6) is -0.0289. The topological polar surface area (TPSA) is 35.5 Å². The summed E-state index contributed by atoms with van der Waals surface area (Å²) in [6, 6.07) is 0. The van der Waals surface area contributed by atoms with Gasteiger partial charge in [-0.15, -0.1) is 0 Å². The summed E-state index contributed by atoms with van der Waals surface area (Å²) < 4.78 is 11.4. The number of cyclic esters (lactones) is 1. The Hall–Kier alpha value is -0.570. The molecule has 112 valence electrons. The third-order valence-corrected chi connectivity index (χ3v) is 3.70. The van der Waals surface area contributed by atoms with Gasteiger partial charge in [0, 0.05) is 6.42 Å². The SMILES string of the molecule is CC1CCCCCOC(=O)CCCCCC(C)(C)O1. The van der Waals surface area contributed by atoms with Gasteiger partial charge in [0.15, 0.2) is 0 Å². The highest BCUT2D eigenvalue weighted by atomic mass is 16.5. The lowest BCUT2D eigenvalue weighted by Gasteiger charge is -2.29. The quantitative estimate of drug-likeness (QED) is 0.618. The monoisotopic (exact) mass is 270 g/mol. The molecule has 0 radical (unpaired) electrons. The molecule has 1 saturated heterocycles. The Kier molecular flexibility index (Phi) is 7.44. The van der Waals surface area contributed by atoms with Crippen LogP contribution >= 0.6 is 0 Å². The molecular weight excluding hydrogens is 240 g/mol. The van der Waals surface area contributed by atoms with Gasteiger partial charge in [0.1, 0.15) is 0 Å². The zero-order chi connectivity index (χ0) is 14.1. The summed E-state index contributed by atoms with van der Waals surface area (Å²) in [5, 5.41) is 0. The largest absolute Gasteiger partial charge is 0.466 e. The van der Waals surface area contributed by atoms with E-state index in [-0.39, 0.29) is 11.6 Å². The predicted molar refractivity (Wildman–Crippen MR) is 77.1 cm³/mol. The Bertz CT molecular complexity index is 261. The van der Waals surface area contributed by atoms with E-state index in [0.717, 1.165) is 51.4 Å². The average Bonchev–Trinajstić information content (AvgIpc) is 2.31. The van der Waals surface area contributed by atoms with E-state index in [0.29, 0.717) is 19.1 Å². The normalized spacial score (nSPS) is 27.9. The van der Waals surface area contributed by atoms with Gasteiger partial charge in [-0.05, 0) is 52.9 Å². The van der Waals surface area contributed by atoms with Crippen LogP contribution in [0.2, 0.25) is 0 Å². The van der Waals surface area contributed by atoms with Crippen molar-refractivity contribution in [3.05, 3.63) is 0 Å². The van der Waals surface area contributed by atoms with Crippen molar-refractivity contribution in [2.75, 3.05) is 6.61 Å². The zero-order valence-electron chi connectivity index (χ0n) is 12.9. The Morgan fingerprint density at radius 1 is 1.05 bits per heavy atom. The van der Waals surface area contributed by atoms with Gasteiger partial charge < -0.3 is 9.47 Å². The summed E-state index contributed by atoms with van der Waals surface area (Å²) in [5.41, 5.74) is -0.0416. The molecular formula is C16H30O3. The van der Waals surface area contributed by atoms with Crippen LogP contribution in [0.3, 0.4) is 0 Å². The second-order valence-electron chi connectivity index (χ2n) is 6.32. The van der Waals surface area contributed by atoms with E-state index in [2.05, 4.69) is 20.8 Å². The van der Waals surface area contributed by atoms with Crippen molar-refractivity contribution in [3.8, 4) is 0 Å². The standard InChI is InChI=1S/C16H30O3/c1-14-10-6-5-9-13-18-15(17)11-7-4-8-12-16(2,3)19-14/h14H,4-13H2,1-3H3. The minimum Gasteiger partial charge on any atom is -0.466 e. The van der Waals surface area contributed by atoms with Crippen LogP contribution in [-0.2, 0) is 14.3 Å². The summed E-state index contributed by atoms with van der Waals surface area (Å²) in [7, 11) is 0. The van der Waals surface area contributed by atoms with Crippen LogP contribution in [0, 0.1) is 0 Å². The fourth-order valence-corrected chi connectivity index (χ4v) is 2.63. The summed E-state index contributed by atoms with van der Waals surface area (Å²) in [6.07, 6.45) is 9.41. The molecule has 0 saturated carbocycles. The van der Waals surface area contributed by atoms with E-state index in [1.165, 1.54) is 0 Å². The lowest BCUT2D eigenvalue weighted by atomic mass is 9.99. The number of esters is 1. The third kappa shape index (κ3) is 8.25. The molecule has 0 N–H and O–H groups in total. The van der Waals surface area contributed by atoms with Crippen molar-refractivity contribution >= 4 is 5.97 Å². The van der Waals surface area contributed by atoms with E-state index in [9.17, 15) is 4.79 Å². The van der Waals surface area contributed by atoms with Gasteiger partial charge in [0.25, 0.3) is 0 Å². The van der Waals surface area contributed by atoms with E-state index in [4.69, 9.17) is 9.47 Å². The molecule has 1 atom stereocenters. The van der Waals surface area contributed by atoms with Crippen LogP contribution < -0.4 is 0 Å². The molecule has 1 aliphatic heterocycles. The van der Waals surface area contributed by atoms with Crippen LogP contribution in [-0.4, -0.2) is 24.3 Å². The summed E-state index contributed by atoms with van der Waals surface area (Å²) in [6.45, 7) is 7.10. The minimum absolute atomic E-state index is 0.0289. The highest BCUT2D eigenvalue weighted by Crippen LogP contribution is 2.23. The second kappa shape index (κ2) is 8.57. The molecule has 0 bridgehead atoms. The van der Waals surface area contributed by atoms with Crippen molar-refractivity contribution in [1.82, 2.24) is 0 Å². The molecule has 0 amide bonds. The molecule has 3 nitrogen and oxygen atoms in total. The first kappa shape index (κ1) is 16.5. The van der Waals surface area contributed by atoms with Gasteiger partial charge in [-0.3, -0.25) is 4.79 Å². The van der Waals surface area contributed by atoms with E-state index in [1.54, 1.807) is 0 Å². The first-order valence-corrected chi connectivity index (χ1v) is 7.83. The van der Waals surface area contributed by atoms with E-state index >= 15 is 0 Å². The molecule has 19 heavy (non-hydrogen) atoms. The molecule has 1 fully saturated rings.